The molecule has 1 N–H and O–H groups in total. The van der Waals surface area contributed by atoms with E-state index in [1.54, 1.807) is 0 Å². The SMILES string of the molecule is CC1(CNCc2ccc(C(C)(C)C)cc2)CCOCC1. The number of nitrogens with one attached hydrogen (secondary N) is 1. The Morgan fingerprint density at radius 2 is 1.70 bits per heavy atom. The van der Waals surface area contributed by atoms with Crippen LogP contribution in [0.3, 0.4) is 0 Å². The third-order valence-corrected chi connectivity index (χ3v) is 4.40. The van der Waals surface area contributed by atoms with Gasteiger partial charge in [-0.1, -0.05) is 52.0 Å². The molecule has 1 aliphatic rings. The standard InChI is InChI=1S/C18H29NO/c1-17(2,3)16-7-5-15(6-8-16)13-19-14-18(4)9-11-20-12-10-18/h5-8,19H,9-14H2,1-4H3. The van der Waals surface area contributed by atoms with Crippen molar-refractivity contribution >= 4 is 0 Å². The molecule has 112 valence electrons. The largest absolute Gasteiger partial charge is 0.381 e. The summed E-state index contributed by atoms with van der Waals surface area (Å²) < 4.78 is 5.45. The van der Waals surface area contributed by atoms with E-state index in [-0.39, 0.29) is 5.41 Å². The molecule has 0 saturated carbocycles. The van der Waals surface area contributed by atoms with Gasteiger partial charge in [0.25, 0.3) is 0 Å². The summed E-state index contributed by atoms with van der Waals surface area (Å²) in [6.45, 7) is 13.0. The van der Waals surface area contributed by atoms with Crippen molar-refractivity contribution in [3.8, 4) is 0 Å². The average molecular weight is 275 g/mol. The van der Waals surface area contributed by atoms with Crippen LogP contribution in [0.2, 0.25) is 0 Å². The smallest absolute Gasteiger partial charge is 0.0471 e. The van der Waals surface area contributed by atoms with Gasteiger partial charge in [-0.3, -0.25) is 0 Å². The molecule has 0 unspecified atom stereocenters. The topological polar surface area (TPSA) is 21.3 Å². The van der Waals surface area contributed by atoms with Crippen LogP contribution in [0.5, 0.6) is 0 Å². The highest BCUT2D eigenvalue weighted by Gasteiger charge is 2.26. The molecular weight excluding hydrogens is 246 g/mol. The Morgan fingerprint density at radius 1 is 1.10 bits per heavy atom. The first kappa shape index (κ1) is 15.5. The van der Waals surface area contributed by atoms with Gasteiger partial charge in [-0.2, -0.15) is 0 Å². The molecule has 1 fully saturated rings. The maximum atomic E-state index is 5.45. The van der Waals surface area contributed by atoms with E-state index in [1.807, 2.05) is 0 Å². The monoisotopic (exact) mass is 275 g/mol. The first-order valence-corrected chi connectivity index (χ1v) is 7.77. The van der Waals surface area contributed by atoms with Gasteiger partial charge < -0.3 is 10.1 Å². The van der Waals surface area contributed by atoms with E-state index >= 15 is 0 Å². The minimum absolute atomic E-state index is 0.238. The average Bonchev–Trinajstić information content (AvgIpc) is 2.39. The number of hydrogen-bond acceptors (Lipinski definition) is 2. The molecule has 2 rings (SSSR count). The minimum atomic E-state index is 0.238. The highest BCUT2D eigenvalue weighted by Crippen LogP contribution is 2.28. The number of ether oxygens (including phenoxy) is 1. The summed E-state index contributed by atoms with van der Waals surface area (Å²) >= 11 is 0. The highest BCUT2D eigenvalue weighted by atomic mass is 16.5. The van der Waals surface area contributed by atoms with E-state index < -0.39 is 0 Å². The fourth-order valence-electron chi connectivity index (χ4n) is 2.67. The summed E-state index contributed by atoms with van der Waals surface area (Å²) in [5.74, 6) is 0. The second-order valence-electron chi connectivity index (χ2n) is 7.47. The summed E-state index contributed by atoms with van der Waals surface area (Å²) in [5, 5.41) is 3.61. The van der Waals surface area contributed by atoms with E-state index in [0.717, 1.165) is 26.3 Å². The lowest BCUT2D eigenvalue weighted by Crippen LogP contribution is -2.36. The first-order valence-electron chi connectivity index (χ1n) is 7.77. The van der Waals surface area contributed by atoms with Gasteiger partial charge in [0.1, 0.15) is 0 Å². The first-order chi connectivity index (χ1) is 9.39. The molecule has 0 atom stereocenters. The zero-order valence-corrected chi connectivity index (χ0v) is 13.5. The van der Waals surface area contributed by atoms with Crippen molar-refractivity contribution < 1.29 is 4.74 Å². The molecule has 1 aromatic rings. The lowest BCUT2D eigenvalue weighted by atomic mass is 9.82. The maximum Gasteiger partial charge on any atom is 0.0471 e. The Balaban J connectivity index is 1.82. The van der Waals surface area contributed by atoms with Gasteiger partial charge in [-0.15, -0.1) is 0 Å². The molecule has 1 heterocycles. The Kier molecular flexibility index (Phi) is 4.87. The summed E-state index contributed by atoms with van der Waals surface area (Å²) in [4.78, 5) is 0. The number of rotatable bonds is 4. The Labute approximate surface area is 123 Å². The fourth-order valence-corrected chi connectivity index (χ4v) is 2.67. The van der Waals surface area contributed by atoms with E-state index in [1.165, 1.54) is 24.0 Å². The summed E-state index contributed by atoms with van der Waals surface area (Å²) in [6, 6.07) is 9.01. The lowest BCUT2D eigenvalue weighted by Gasteiger charge is -2.33. The van der Waals surface area contributed by atoms with Crippen molar-refractivity contribution in [3.63, 3.8) is 0 Å². The molecule has 0 aliphatic carbocycles. The van der Waals surface area contributed by atoms with Crippen LogP contribution in [0.15, 0.2) is 24.3 Å². The van der Waals surface area contributed by atoms with Crippen molar-refractivity contribution in [1.29, 1.82) is 0 Å². The van der Waals surface area contributed by atoms with Gasteiger partial charge in [0.05, 0.1) is 0 Å². The quantitative estimate of drug-likeness (QED) is 0.900. The predicted molar refractivity (Wildman–Crippen MR) is 85.0 cm³/mol. The van der Waals surface area contributed by atoms with E-state index in [9.17, 15) is 0 Å². The van der Waals surface area contributed by atoms with Crippen LogP contribution in [0, 0.1) is 5.41 Å². The van der Waals surface area contributed by atoms with Crippen molar-refractivity contribution in [1.82, 2.24) is 5.32 Å². The zero-order valence-electron chi connectivity index (χ0n) is 13.5. The third-order valence-electron chi connectivity index (χ3n) is 4.40. The zero-order chi connectivity index (χ0) is 14.6. The second kappa shape index (κ2) is 6.28. The molecule has 0 radical (unpaired) electrons. The molecule has 1 saturated heterocycles. The lowest BCUT2D eigenvalue weighted by molar-refractivity contribution is 0.0240. The van der Waals surface area contributed by atoms with Crippen LogP contribution in [0.4, 0.5) is 0 Å². The molecule has 2 nitrogen and oxygen atoms in total. The van der Waals surface area contributed by atoms with E-state index in [0.29, 0.717) is 5.41 Å². The number of benzene rings is 1. The summed E-state index contributed by atoms with van der Waals surface area (Å²) in [5.41, 5.74) is 3.41. The Hall–Kier alpha value is -0.860. The van der Waals surface area contributed by atoms with Crippen molar-refractivity contribution in [2.75, 3.05) is 19.8 Å². The van der Waals surface area contributed by atoms with Gasteiger partial charge in [0.15, 0.2) is 0 Å². The van der Waals surface area contributed by atoms with Crippen LogP contribution < -0.4 is 5.32 Å². The molecule has 1 aliphatic heterocycles. The third kappa shape index (κ3) is 4.32. The Morgan fingerprint density at radius 3 is 2.25 bits per heavy atom. The predicted octanol–water partition coefficient (Wildman–Crippen LogP) is 3.89. The van der Waals surface area contributed by atoms with Gasteiger partial charge in [0.2, 0.25) is 0 Å². The van der Waals surface area contributed by atoms with Gasteiger partial charge in [-0.05, 0) is 34.8 Å². The van der Waals surface area contributed by atoms with Crippen LogP contribution in [-0.4, -0.2) is 19.8 Å². The highest BCUT2D eigenvalue weighted by molar-refractivity contribution is 5.27. The summed E-state index contributed by atoms with van der Waals surface area (Å²) in [7, 11) is 0. The van der Waals surface area contributed by atoms with Crippen LogP contribution in [-0.2, 0) is 16.7 Å². The molecule has 20 heavy (non-hydrogen) atoms. The van der Waals surface area contributed by atoms with Crippen LogP contribution >= 0.6 is 0 Å². The molecule has 0 bridgehead atoms. The minimum Gasteiger partial charge on any atom is -0.381 e. The molecule has 0 spiro atoms. The maximum absolute atomic E-state index is 5.45. The number of hydrogen-bond donors (Lipinski definition) is 1. The van der Waals surface area contributed by atoms with Crippen LogP contribution in [0.25, 0.3) is 0 Å². The van der Waals surface area contributed by atoms with Crippen molar-refractivity contribution in [2.45, 2.75) is 52.5 Å². The molecular formula is C18H29NO. The molecule has 1 aromatic carbocycles. The van der Waals surface area contributed by atoms with Crippen molar-refractivity contribution in [2.24, 2.45) is 5.41 Å². The second-order valence-corrected chi connectivity index (χ2v) is 7.47. The molecule has 0 amide bonds. The summed E-state index contributed by atoms with van der Waals surface area (Å²) in [6.07, 6.45) is 2.34. The van der Waals surface area contributed by atoms with E-state index in [2.05, 4.69) is 57.3 Å². The van der Waals surface area contributed by atoms with Crippen molar-refractivity contribution in [3.05, 3.63) is 35.4 Å². The molecule has 0 aromatic heterocycles. The van der Waals surface area contributed by atoms with Crippen LogP contribution in [0.1, 0.15) is 51.7 Å². The van der Waals surface area contributed by atoms with Gasteiger partial charge >= 0.3 is 0 Å². The van der Waals surface area contributed by atoms with Gasteiger partial charge in [0, 0.05) is 26.3 Å². The Bertz CT molecular complexity index is 410. The fraction of sp³-hybridized carbons (Fsp3) is 0.667. The van der Waals surface area contributed by atoms with Gasteiger partial charge in [-0.25, -0.2) is 0 Å². The molecule has 2 heteroatoms. The van der Waals surface area contributed by atoms with E-state index in [4.69, 9.17) is 4.74 Å². The normalized spacial score (nSPS) is 19.0.